The van der Waals surface area contributed by atoms with Crippen LogP contribution in [0.1, 0.15) is 59.3 Å². The summed E-state index contributed by atoms with van der Waals surface area (Å²) in [5.74, 6) is 7.94. The minimum absolute atomic E-state index is 0.748. The molecule has 2 unspecified atom stereocenters. The highest BCUT2D eigenvalue weighted by Gasteiger charge is 2.21. The zero-order valence-electron chi connectivity index (χ0n) is 11.1. The molecule has 94 valence electrons. The van der Waals surface area contributed by atoms with Gasteiger partial charge in [-0.15, -0.1) is 0 Å². The smallest absolute Gasteiger partial charge is 0.0117 e. The molecule has 0 bridgehead atoms. The molecule has 0 saturated heterocycles. The van der Waals surface area contributed by atoms with Crippen molar-refractivity contribution in [1.29, 1.82) is 0 Å². The van der Waals surface area contributed by atoms with Gasteiger partial charge in [-0.1, -0.05) is 26.3 Å². The van der Waals surface area contributed by atoms with E-state index in [-0.39, 0.29) is 0 Å². The van der Waals surface area contributed by atoms with Gasteiger partial charge in [0.25, 0.3) is 0 Å². The van der Waals surface area contributed by atoms with Gasteiger partial charge in [-0.05, 0) is 56.3 Å². The first-order valence-corrected chi connectivity index (χ1v) is 6.84. The molecule has 2 atom stereocenters. The summed E-state index contributed by atoms with van der Waals surface area (Å²) >= 11 is 0. The van der Waals surface area contributed by atoms with E-state index in [1.807, 2.05) is 6.20 Å². The quantitative estimate of drug-likeness (QED) is 0.568. The van der Waals surface area contributed by atoms with Crippen LogP contribution in [-0.2, 0) is 0 Å². The molecular formula is C14H28N2. The summed E-state index contributed by atoms with van der Waals surface area (Å²) in [5, 5.41) is 0. The molecule has 16 heavy (non-hydrogen) atoms. The van der Waals surface area contributed by atoms with Gasteiger partial charge < -0.3 is 5.43 Å². The van der Waals surface area contributed by atoms with Crippen LogP contribution in [0.5, 0.6) is 0 Å². The van der Waals surface area contributed by atoms with Crippen molar-refractivity contribution < 1.29 is 0 Å². The van der Waals surface area contributed by atoms with E-state index in [2.05, 4.69) is 26.2 Å². The lowest BCUT2D eigenvalue weighted by Crippen LogP contribution is -2.20. The molecule has 0 aliphatic heterocycles. The first-order chi connectivity index (χ1) is 7.69. The standard InChI is InChI=1S/C14H28N2/c1-4-12-8-9-13(11(2)3)6-5-7-14(12)10-16-15/h10-13,16H,4-9,15H2,1-3H3/b14-10-. The Morgan fingerprint density at radius 2 is 2.12 bits per heavy atom. The second-order valence-electron chi connectivity index (χ2n) is 5.46. The number of nitrogens with two attached hydrogens (primary N) is 1. The van der Waals surface area contributed by atoms with Gasteiger partial charge in [-0.25, -0.2) is 0 Å². The third kappa shape index (κ3) is 3.82. The minimum Gasteiger partial charge on any atom is -0.331 e. The average molecular weight is 224 g/mol. The lowest BCUT2D eigenvalue weighted by atomic mass is 9.78. The maximum absolute atomic E-state index is 5.42. The highest BCUT2D eigenvalue weighted by atomic mass is 15.2. The second kappa shape index (κ2) is 6.95. The summed E-state index contributed by atoms with van der Waals surface area (Å²) < 4.78 is 0. The van der Waals surface area contributed by atoms with Crippen molar-refractivity contribution in [1.82, 2.24) is 5.43 Å². The topological polar surface area (TPSA) is 38.0 Å². The van der Waals surface area contributed by atoms with Crippen molar-refractivity contribution in [3.63, 3.8) is 0 Å². The second-order valence-corrected chi connectivity index (χ2v) is 5.46. The monoisotopic (exact) mass is 224 g/mol. The number of hydrazine groups is 1. The van der Waals surface area contributed by atoms with Crippen LogP contribution in [0.15, 0.2) is 11.8 Å². The van der Waals surface area contributed by atoms with Crippen LogP contribution in [0.4, 0.5) is 0 Å². The van der Waals surface area contributed by atoms with Crippen molar-refractivity contribution in [2.45, 2.75) is 59.3 Å². The molecular weight excluding hydrogens is 196 g/mol. The van der Waals surface area contributed by atoms with Crippen molar-refractivity contribution in [3.8, 4) is 0 Å². The third-order valence-electron chi connectivity index (χ3n) is 4.16. The van der Waals surface area contributed by atoms with Crippen LogP contribution in [0.2, 0.25) is 0 Å². The average Bonchev–Trinajstić information content (AvgIpc) is 2.22. The summed E-state index contributed by atoms with van der Waals surface area (Å²) in [6, 6.07) is 0. The SMILES string of the molecule is CCC1CCC(C(C)C)CCC/C1=C/NN. The maximum Gasteiger partial charge on any atom is 0.0117 e. The number of hydrogen-bond donors (Lipinski definition) is 2. The molecule has 0 aromatic rings. The number of rotatable bonds is 3. The normalized spacial score (nSPS) is 30.2. The molecule has 1 rings (SSSR count). The van der Waals surface area contributed by atoms with Crippen LogP contribution in [0.25, 0.3) is 0 Å². The van der Waals surface area contributed by atoms with Crippen LogP contribution in [0, 0.1) is 17.8 Å². The lowest BCUT2D eigenvalue weighted by Gasteiger charge is -2.28. The summed E-state index contributed by atoms with van der Waals surface area (Å²) in [5.41, 5.74) is 4.26. The Morgan fingerprint density at radius 3 is 2.69 bits per heavy atom. The Morgan fingerprint density at radius 1 is 1.38 bits per heavy atom. The fourth-order valence-corrected chi connectivity index (χ4v) is 2.95. The van der Waals surface area contributed by atoms with Crippen molar-refractivity contribution in [3.05, 3.63) is 11.8 Å². The molecule has 0 aromatic heterocycles. The third-order valence-corrected chi connectivity index (χ3v) is 4.16. The van der Waals surface area contributed by atoms with Gasteiger partial charge >= 0.3 is 0 Å². The van der Waals surface area contributed by atoms with Gasteiger partial charge in [0, 0.05) is 6.20 Å². The molecule has 2 heteroatoms. The van der Waals surface area contributed by atoms with Crippen molar-refractivity contribution in [2.75, 3.05) is 0 Å². The van der Waals surface area contributed by atoms with Crippen LogP contribution in [0.3, 0.4) is 0 Å². The summed E-state index contributed by atoms with van der Waals surface area (Å²) in [7, 11) is 0. The molecule has 0 spiro atoms. The molecule has 1 aliphatic rings. The predicted octanol–water partition coefficient (Wildman–Crippen LogP) is 3.60. The van der Waals surface area contributed by atoms with Crippen LogP contribution < -0.4 is 11.3 Å². The highest BCUT2D eigenvalue weighted by molar-refractivity contribution is 5.06. The van der Waals surface area contributed by atoms with Crippen molar-refractivity contribution in [2.24, 2.45) is 23.6 Å². The Kier molecular flexibility index (Phi) is 5.89. The van der Waals surface area contributed by atoms with Gasteiger partial charge in [-0.2, -0.15) is 0 Å². The fourth-order valence-electron chi connectivity index (χ4n) is 2.95. The number of allylic oxidation sites excluding steroid dienone is 1. The largest absolute Gasteiger partial charge is 0.331 e. The van der Waals surface area contributed by atoms with Crippen LogP contribution in [-0.4, -0.2) is 0 Å². The fraction of sp³-hybridized carbons (Fsp3) is 0.857. The zero-order chi connectivity index (χ0) is 12.0. The Balaban J connectivity index is 2.61. The molecule has 1 fully saturated rings. The predicted molar refractivity (Wildman–Crippen MR) is 70.6 cm³/mol. The van der Waals surface area contributed by atoms with Crippen molar-refractivity contribution >= 4 is 0 Å². The molecule has 0 amide bonds. The van der Waals surface area contributed by atoms with Crippen LogP contribution >= 0.6 is 0 Å². The van der Waals surface area contributed by atoms with E-state index in [1.54, 1.807) is 0 Å². The summed E-state index contributed by atoms with van der Waals surface area (Å²) in [4.78, 5) is 0. The Bertz CT molecular complexity index is 221. The van der Waals surface area contributed by atoms with E-state index in [0.29, 0.717) is 0 Å². The first-order valence-electron chi connectivity index (χ1n) is 6.84. The van der Waals surface area contributed by atoms with Gasteiger partial charge in [0.15, 0.2) is 0 Å². The van der Waals surface area contributed by atoms with Gasteiger partial charge in [-0.3, -0.25) is 5.84 Å². The van der Waals surface area contributed by atoms with Gasteiger partial charge in [0.2, 0.25) is 0 Å². The molecule has 0 aromatic carbocycles. The van der Waals surface area contributed by atoms with E-state index in [1.165, 1.54) is 44.1 Å². The molecule has 1 saturated carbocycles. The van der Waals surface area contributed by atoms with Gasteiger partial charge in [0.05, 0.1) is 0 Å². The minimum atomic E-state index is 0.748. The lowest BCUT2D eigenvalue weighted by molar-refractivity contribution is 0.285. The van der Waals surface area contributed by atoms with E-state index in [4.69, 9.17) is 5.84 Å². The Labute approximate surface area is 101 Å². The van der Waals surface area contributed by atoms with E-state index in [0.717, 1.165) is 17.8 Å². The van der Waals surface area contributed by atoms with E-state index < -0.39 is 0 Å². The van der Waals surface area contributed by atoms with Gasteiger partial charge in [0.1, 0.15) is 0 Å². The Hall–Kier alpha value is -0.500. The summed E-state index contributed by atoms with van der Waals surface area (Å²) in [6.07, 6.45) is 9.95. The molecule has 0 heterocycles. The zero-order valence-corrected chi connectivity index (χ0v) is 11.1. The number of hydrogen-bond acceptors (Lipinski definition) is 2. The summed E-state index contributed by atoms with van der Waals surface area (Å²) in [6.45, 7) is 7.03. The first kappa shape index (κ1) is 13.6. The molecule has 2 nitrogen and oxygen atoms in total. The number of nitrogens with one attached hydrogen (secondary N) is 1. The molecule has 0 radical (unpaired) electrons. The van der Waals surface area contributed by atoms with E-state index >= 15 is 0 Å². The highest BCUT2D eigenvalue weighted by Crippen LogP contribution is 2.34. The van der Waals surface area contributed by atoms with E-state index in [9.17, 15) is 0 Å². The molecule has 1 aliphatic carbocycles. The molecule has 3 N–H and O–H groups in total. The maximum atomic E-state index is 5.42.